The van der Waals surface area contributed by atoms with E-state index in [1.54, 1.807) is 0 Å². The fourth-order valence-corrected chi connectivity index (χ4v) is 2.37. The van der Waals surface area contributed by atoms with Crippen LogP contribution in [0.3, 0.4) is 0 Å². The van der Waals surface area contributed by atoms with Gasteiger partial charge in [0, 0.05) is 12.1 Å². The molecule has 0 aliphatic carbocycles. The standard InChI is InChI=1S/C13H22N2O8/c1-13(2,9(14)5(11(20)21)3-7(16)17)10(15)6(12(22)23)4-8(18)19/h5-6,9-10H,3-4,14-15H2,1-2H3,(H,16,17)(H,18,19)(H,20,21)(H,22,23). The minimum absolute atomic E-state index is 0.761. The molecule has 0 aliphatic heterocycles. The molecule has 0 aromatic rings. The molecule has 0 aliphatic rings. The van der Waals surface area contributed by atoms with Gasteiger partial charge in [-0.1, -0.05) is 13.8 Å². The van der Waals surface area contributed by atoms with Crippen LogP contribution >= 0.6 is 0 Å². The predicted molar refractivity (Wildman–Crippen MR) is 76.5 cm³/mol. The molecule has 8 N–H and O–H groups in total. The monoisotopic (exact) mass is 334 g/mol. The molecule has 0 heterocycles. The van der Waals surface area contributed by atoms with Crippen LogP contribution in [-0.4, -0.2) is 56.4 Å². The Morgan fingerprint density at radius 2 is 1.04 bits per heavy atom. The molecule has 4 atom stereocenters. The van der Waals surface area contributed by atoms with Gasteiger partial charge in [0.15, 0.2) is 0 Å². The lowest BCUT2D eigenvalue weighted by molar-refractivity contribution is -0.152. The lowest BCUT2D eigenvalue weighted by Gasteiger charge is -2.41. The van der Waals surface area contributed by atoms with Gasteiger partial charge in [0.25, 0.3) is 0 Å². The van der Waals surface area contributed by atoms with Crippen LogP contribution in [0.25, 0.3) is 0 Å². The molecule has 0 radical (unpaired) electrons. The van der Waals surface area contributed by atoms with Crippen molar-refractivity contribution in [3.63, 3.8) is 0 Å². The van der Waals surface area contributed by atoms with E-state index in [9.17, 15) is 19.2 Å². The molecule has 23 heavy (non-hydrogen) atoms. The molecule has 4 unspecified atom stereocenters. The van der Waals surface area contributed by atoms with Gasteiger partial charge in [-0.3, -0.25) is 19.2 Å². The fourth-order valence-electron chi connectivity index (χ4n) is 2.37. The maximum Gasteiger partial charge on any atom is 0.308 e. The number of nitrogens with two attached hydrogens (primary N) is 2. The van der Waals surface area contributed by atoms with Crippen molar-refractivity contribution in [3.05, 3.63) is 0 Å². The summed E-state index contributed by atoms with van der Waals surface area (Å²) in [7, 11) is 0. The van der Waals surface area contributed by atoms with Gasteiger partial charge in [-0.25, -0.2) is 0 Å². The molecule has 0 amide bonds. The van der Waals surface area contributed by atoms with Crippen molar-refractivity contribution in [3.8, 4) is 0 Å². The van der Waals surface area contributed by atoms with Crippen molar-refractivity contribution < 1.29 is 39.6 Å². The van der Waals surface area contributed by atoms with Crippen molar-refractivity contribution >= 4 is 23.9 Å². The molecule has 0 rings (SSSR count). The molecule has 0 fully saturated rings. The Labute approximate surface area is 132 Å². The summed E-state index contributed by atoms with van der Waals surface area (Å²) in [6.45, 7) is 2.77. The van der Waals surface area contributed by atoms with Crippen LogP contribution in [0.4, 0.5) is 0 Å². The third-order valence-corrected chi connectivity index (χ3v) is 4.01. The molecule has 0 saturated carbocycles. The molecule has 10 nitrogen and oxygen atoms in total. The summed E-state index contributed by atoms with van der Waals surface area (Å²) in [5.41, 5.74) is 10.4. The summed E-state index contributed by atoms with van der Waals surface area (Å²) < 4.78 is 0. The highest BCUT2D eigenvalue weighted by Gasteiger charge is 2.46. The van der Waals surface area contributed by atoms with Gasteiger partial charge in [0.05, 0.1) is 24.7 Å². The zero-order valence-corrected chi connectivity index (χ0v) is 12.8. The van der Waals surface area contributed by atoms with Gasteiger partial charge < -0.3 is 31.9 Å². The van der Waals surface area contributed by atoms with E-state index < -0.39 is 66.1 Å². The van der Waals surface area contributed by atoms with Crippen molar-refractivity contribution in [2.45, 2.75) is 38.8 Å². The van der Waals surface area contributed by atoms with E-state index in [4.69, 9.17) is 31.9 Å². The number of hydrogen-bond acceptors (Lipinski definition) is 6. The molecule has 0 bridgehead atoms. The lowest BCUT2D eigenvalue weighted by Crippen LogP contribution is -2.58. The van der Waals surface area contributed by atoms with Crippen LogP contribution < -0.4 is 11.5 Å². The highest BCUT2D eigenvalue weighted by molar-refractivity contribution is 5.79. The molecule has 10 heteroatoms. The number of hydrogen-bond donors (Lipinski definition) is 6. The van der Waals surface area contributed by atoms with E-state index >= 15 is 0 Å². The fraction of sp³-hybridized carbons (Fsp3) is 0.692. The maximum absolute atomic E-state index is 11.2. The first kappa shape index (κ1) is 20.8. The molecule has 0 aromatic heterocycles. The highest BCUT2D eigenvalue weighted by Crippen LogP contribution is 2.33. The number of rotatable bonds is 10. The van der Waals surface area contributed by atoms with Crippen LogP contribution in [0.15, 0.2) is 0 Å². The second-order valence-electron chi connectivity index (χ2n) is 5.96. The Morgan fingerprint density at radius 1 is 0.783 bits per heavy atom. The zero-order chi connectivity index (χ0) is 18.5. The molecule has 132 valence electrons. The Morgan fingerprint density at radius 3 is 1.22 bits per heavy atom. The van der Waals surface area contributed by atoms with E-state index in [0.29, 0.717) is 0 Å². The van der Waals surface area contributed by atoms with Crippen LogP contribution in [0.2, 0.25) is 0 Å². The minimum atomic E-state index is -1.49. The third kappa shape index (κ3) is 5.49. The number of carbonyl (C=O) groups is 4. The third-order valence-electron chi connectivity index (χ3n) is 4.01. The molecule has 0 saturated heterocycles. The zero-order valence-electron chi connectivity index (χ0n) is 12.8. The van der Waals surface area contributed by atoms with Gasteiger partial charge in [-0.15, -0.1) is 0 Å². The van der Waals surface area contributed by atoms with Gasteiger partial charge in [-0.2, -0.15) is 0 Å². The summed E-state index contributed by atoms with van der Waals surface area (Å²) in [6, 6.07) is -2.58. The molecular weight excluding hydrogens is 312 g/mol. The first-order valence-electron chi connectivity index (χ1n) is 6.72. The quantitative estimate of drug-likeness (QED) is 0.288. The summed E-state index contributed by atoms with van der Waals surface area (Å²) in [6.07, 6.45) is -1.52. The average molecular weight is 334 g/mol. The van der Waals surface area contributed by atoms with Crippen molar-refractivity contribution in [2.24, 2.45) is 28.7 Å². The van der Waals surface area contributed by atoms with Crippen LogP contribution in [0.5, 0.6) is 0 Å². The van der Waals surface area contributed by atoms with E-state index in [2.05, 4.69) is 0 Å². The average Bonchev–Trinajstić information content (AvgIpc) is 2.39. The van der Waals surface area contributed by atoms with Crippen molar-refractivity contribution in [2.75, 3.05) is 0 Å². The minimum Gasteiger partial charge on any atom is -0.481 e. The maximum atomic E-state index is 11.2. The van der Waals surface area contributed by atoms with E-state index in [-0.39, 0.29) is 0 Å². The first-order valence-corrected chi connectivity index (χ1v) is 6.72. The summed E-state index contributed by atoms with van der Waals surface area (Å²) in [4.78, 5) is 44.0. The van der Waals surface area contributed by atoms with Gasteiger partial charge in [0.1, 0.15) is 0 Å². The normalized spacial score (nSPS) is 16.9. The second kappa shape index (κ2) is 7.88. The largest absolute Gasteiger partial charge is 0.481 e. The Balaban J connectivity index is 5.53. The Kier molecular flexibility index (Phi) is 7.13. The van der Waals surface area contributed by atoms with Crippen LogP contribution in [0.1, 0.15) is 26.7 Å². The van der Waals surface area contributed by atoms with Gasteiger partial charge >= 0.3 is 23.9 Å². The molecular formula is C13H22N2O8. The van der Waals surface area contributed by atoms with E-state index in [1.807, 2.05) is 0 Å². The van der Waals surface area contributed by atoms with Crippen molar-refractivity contribution in [1.29, 1.82) is 0 Å². The lowest BCUT2D eigenvalue weighted by atomic mass is 9.68. The summed E-state index contributed by atoms with van der Waals surface area (Å²) >= 11 is 0. The smallest absolute Gasteiger partial charge is 0.308 e. The Hall–Kier alpha value is -2.20. The van der Waals surface area contributed by atoms with Gasteiger partial charge in [0.2, 0.25) is 0 Å². The first-order chi connectivity index (χ1) is 10.3. The van der Waals surface area contributed by atoms with Crippen LogP contribution in [-0.2, 0) is 19.2 Å². The predicted octanol–water partition coefficient (Wildman–Crippen LogP) is -0.982. The topological polar surface area (TPSA) is 201 Å². The van der Waals surface area contributed by atoms with Crippen molar-refractivity contribution in [1.82, 2.24) is 0 Å². The summed E-state index contributed by atoms with van der Waals surface area (Å²) in [5.74, 6) is -8.65. The van der Waals surface area contributed by atoms with Crippen LogP contribution in [0, 0.1) is 17.3 Å². The second-order valence-corrected chi connectivity index (χ2v) is 5.96. The summed E-state index contributed by atoms with van der Waals surface area (Å²) in [5, 5.41) is 35.8. The highest BCUT2D eigenvalue weighted by atomic mass is 16.4. The van der Waals surface area contributed by atoms with Gasteiger partial charge in [-0.05, 0) is 5.41 Å². The molecule has 0 aromatic carbocycles. The van der Waals surface area contributed by atoms with E-state index in [1.165, 1.54) is 13.8 Å². The number of aliphatic carboxylic acids is 4. The molecule has 0 spiro atoms. The number of carboxylic acid groups (broad SMARTS) is 4. The number of carboxylic acids is 4. The van der Waals surface area contributed by atoms with E-state index in [0.717, 1.165) is 0 Å². The SMILES string of the molecule is CC(C)(C(N)C(CC(=O)O)C(=O)O)C(N)C(CC(=O)O)C(=O)O. The Bertz CT molecular complexity index is 448.